The molecule has 0 heterocycles. The summed E-state index contributed by atoms with van der Waals surface area (Å²) in [5.41, 5.74) is 0. The molecule has 1 unspecified atom stereocenters. The molecule has 0 aliphatic rings. The number of rotatable bonds is 10. The molecule has 0 bridgehead atoms. The molecule has 1 nitrogen and oxygen atoms in total. The van der Waals surface area contributed by atoms with Gasteiger partial charge in [-0.25, -0.2) is 0 Å². The Bertz CT molecular complexity index is 126. The molecule has 0 aliphatic carbocycles. The lowest BCUT2D eigenvalue weighted by atomic mass is 9.86. The minimum absolute atomic E-state index is 0.346. The van der Waals surface area contributed by atoms with Crippen LogP contribution < -0.4 is 0 Å². The van der Waals surface area contributed by atoms with Crippen molar-refractivity contribution in [2.45, 2.75) is 65.1 Å². The summed E-state index contributed by atoms with van der Waals surface area (Å²) in [5, 5.41) is 0. The fraction of sp³-hybridized carbons (Fsp3) is 1.00. The zero-order chi connectivity index (χ0) is 11.5. The second-order valence-corrected chi connectivity index (χ2v) is 4.61. The van der Waals surface area contributed by atoms with Gasteiger partial charge in [-0.15, -0.1) is 0 Å². The highest BCUT2D eigenvalue weighted by atomic mass is 15.1. The van der Waals surface area contributed by atoms with Gasteiger partial charge in [0, 0.05) is 0 Å². The highest BCUT2D eigenvalue weighted by Crippen LogP contribution is 2.07. The zero-order valence-electron chi connectivity index (χ0n) is 11.0. The Kier molecular flexibility index (Phi) is 10.6. The summed E-state index contributed by atoms with van der Waals surface area (Å²) in [4.78, 5) is 2.52. The van der Waals surface area contributed by atoms with Gasteiger partial charge >= 0.3 is 0 Å². The minimum Gasteiger partial charge on any atom is -0.304 e. The molecule has 0 saturated heterocycles. The van der Waals surface area contributed by atoms with Crippen molar-refractivity contribution >= 4 is 7.85 Å². The second kappa shape index (κ2) is 10.5. The van der Waals surface area contributed by atoms with Gasteiger partial charge in [-0.05, 0) is 32.5 Å². The van der Waals surface area contributed by atoms with Gasteiger partial charge in [-0.3, -0.25) is 0 Å². The lowest BCUT2D eigenvalue weighted by Gasteiger charge is -2.21. The molecule has 0 aliphatic heterocycles. The van der Waals surface area contributed by atoms with Crippen LogP contribution in [0.3, 0.4) is 0 Å². The molecular weight excluding hydrogens is 181 g/mol. The normalized spacial score (nSPS) is 13.3. The molecule has 2 heteroatoms. The average molecular weight is 209 g/mol. The van der Waals surface area contributed by atoms with E-state index in [4.69, 9.17) is 7.85 Å². The Morgan fingerprint density at radius 2 is 1.67 bits per heavy atom. The first-order valence-corrected chi connectivity index (χ1v) is 6.68. The van der Waals surface area contributed by atoms with E-state index in [9.17, 15) is 0 Å². The fourth-order valence-corrected chi connectivity index (χ4v) is 1.75. The predicted molar refractivity (Wildman–Crippen MR) is 70.7 cm³/mol. The summed E-state index contributed by atoms with van der Waals surface area (Å²) in [6.45, 7) is 10.2. The van der Waals surface area contributed by atoms with Crippen LogP contribution in [0.15, 0.2) is 0 Å². The first-order valence-electron chi connectivity index (χ1n) is 6.68. The van der Waals surface area contributed by atoms with Crippen LogP contribution in [0.1, 0.15) is 59.3 Å². The van der Waals surface area contributed by atoms with E-state index >= 15 is 0 Å². The summed E-state index contributed by atoms with van der Waals surface area (Å²) in [5.74, 6) is 0.346. The summed E-state index contributed by atoms with van der Waals surface area (Å²) < 4.78 is 0. The van der Waals surface area contributed by atoms with Crippen LogP contribution >= 0.6 is 0 Å². The van der Waals surface area contributed by atoms with Gasteiger partial charge in [-0.1, -0.05) is 52.3 Å². The van der Waals surface area contributed by atoms with E-state index in [-0.39, 0.29) is 0 Å². The van der Waals surface area contributed by atoms with Crippen molar-refractivity contribution in [3.8, 4) is 0 Å². The van der Waals surface area contributed by atoms with Crippen molar-refractivity contribution in [2.24, 2.45) is 0 Å². The van der Waals surface area contributed by atoms with Crippen molar-refractivity contribution in [2.75, 3.05) is 19.6 Å². The number of hydrogen-bond acceptors (Lipinski definition) is 1. The van der Waals surface area contributed by atoms with E-state index in [1.807, 2.05) is 0 Å². The molecule has 0 fully saturated rings. The Morgan fingerprint density at radius 3 is 2.20 bits per heavy atom. The van der Waals surface area contributed by atoms with E-state index in [1.54, 1.807) is 0 Å². The van der Waals surface area contributed by atoms with E-state index < -0.39 is 0 Å². The van der Waals surface area contributed by atoms with Crippen LogP contribution in [0.2, 0.25) is 5.82 Å². The van der Waals surface area contributed by atoms with Gasteiger partial charge in [0.15, 0.2) is 0 Å². The molecule has 0 aromatic carbocycles. The largest absolute Gasteiger partial charge is 0.304 e. The van der Waals surface area contributed by atoms with Crippen LogP contribution in [-0.2, 0) is 0 Å². The van der Waals surface area contributed by atoms with Gasteiger partial charge < -0.3 is 4.90 Å². The summed E-state index contributed by atoms with van der Waals surface area (Å²) in [6, 6.07) is 0. The summed E-state index contributed by atoms with van der Waals surface area (Å²) in [6.07, 6.45) is 8.01. The van der Waals surface area contributed by atoms with Crippen LogP contribution in [0, 0.1) is 0 Å². The zero-order valence-corrected chi connectivity index (χ0v) is 11.0. The Balaban J connectivity index is 3.36. The third-order valence-corrected chi connectivity index (χ3v) is 2.93. The lowest BCUT2D eigenvalue weighted by molar-refractivity contribution is 0.276. The topological polar surface area (TPSA) is 3.24 Å². The monoisotopic (exact) mass is 209 g/mol. The number of nitrogens with zero attached hydrogens (tertiary/aromatic N) is 1. The Hall–Kier alpha value is 0.0249. The fourth-order valence-electron chi connectivity index (χ4n) is 1.75. The first kappa shape index (κ1) is 15.0. The van der Waals surface area contributed by atoms with Crippen LogP contribution in [0.25, 0.3) is 0 Å². The van der Waals surface area contributed by atoms with Crippen LogP contribution in [0.5, 0.6) is 0 Å². The maximum Gasteiger partial charge on any atom is 0.0696 e. The van der Waals surface area contributed by atoms with E-state index in [2.05, 4.69) is 25.7 Å². The van der Waals surface area contributed by atoms with E-state index in [0.29, 0.717) is 5.82 Å². The molecule has 0 rings (SSSR count). The molecule has 0 spiro atoms. The Labute approximate surface area is 98.0 Å². The average Bonchev–Trinajstić information content (AvgIpc) is 2.22. The van der Waals surface area contributed by atoms with E-state index in [0.717, 1.165) is 6.42 Å². The van der Waals surface area contributed by atoms with Crippen molar-refractivity contribution in [3.05, 3.63) is 0 Å². The van der Waals surface area contributed by atoms with Gasteiger partial charge in [-0.2, -0.15) is 0 Å². The second-order valence-electron chi connectivity index (χ2n) is 4.61. The van der Waals surface area contributed by atoms with E-state index in [1.165, 1.54) is 51.7 Å². The molecule has 0 aromatic heterocycles. The first-order chi connectivity index (χ1) is 7.20. The molecule has 88 valence electrons. The quantitative estimate of drug-likeness (QED) is 0.392. The summed E-state index contributed by atoms with van der Waals surface area (Å²) in [7, 11) is 5.76. The highest BCUT2D eigenvalue weighted by molar-refractivity contribution is 6.11. The standard InChI is InChI=1S/C13H28BN/c1-4-6-7-8-9-11-15(5-2)12-10-13(3)14/h13H,4-12H2,1-3H3. The van der Waals surface area contributed by atoms with Crippen molar-refractivity contribution in [3.63, 3.8) is 0 Å². The van der Waals surface area contributed by atoms with Gasteiger partial charge in [0.25, 0.3) is 0 Å². The lowest BCUT2D eigenvalue weighted by Crippen LogP contribution is -2.26. The van der Waals surface area contributed by atoms with Gasteiger partial charge in [0.05, 0.1) is 7.85 Å². The maximum absolute atomic E-state index is 5.76. The van der Waals surface area contributed by atoms with Gasteiger partial charge in [0.2, 0.25) is 0 Å². The molecule has 0 amide bonds. The van der Waals surface area contributed by atoms with Gasteiger partial charge in [0.1, 0.15) is 0 Å². The molecule has 0 aromatic rings. The SMILES string of the molecule is [B]C(C)CCN(CC)CCCCCCC. The maximum atomic E-state index is 5.76. The molecule has 2 radical (unpaired) electrons. The summed E-state index contributed by atoms with van der Waals surface area (Å²) >= 11 is 0. The highest BCUT2D eigenvalue weighted by Gasteiger charge is 2.02. The third kappa shape index (κ3) is 10.3. The smallest absolute Gasteiger partial charge is 0.0696 e. The molecule has 0 saturated carbocycles. The third-order valence-electron chi connectivity index (χ3n) is 2.93. The van der Waals surface area contributed by atoms with Crippen molar-refractivity contribution in [1.29, 1.82) is 0 Å². The number of hydrogen-bond donors (Lipinski definition) is 0. The van der Waals surface area contributed by atoms with Crippen molar-refractivity contribution in [1.82, 2.24) is 4.90 Å². The minimum atomic E-state index is 0.346. The van der Waals surface area contributed by atoms with Crippen LogP contribution in [0.4, 0.5) is 0 Å². The predicted octanol–water partition coefficient (Wildman–Crippen LogP) is 3.65. The molecule has 15 heavy (non-hydrogen) atoms. The molecule has 0 N–H and O–H groups in total. The number of unbranched alkanes of at least 4 members (excludes halogenated alkanes) is 4. The van der Waals surface area contributed by atoms with Crippen molar-refractivity contribution < 1.29 is 0 Å². The molecular formula is C13H28BN. The van der Waals surface area contributed by atoms with Crippen LogP contribution in [-0.4, -0.2) is 32.4 Å². The molecule has 1 atom stereocenters. The Morgan fingerprint density at radius 1 is 1.00 bits per heavy atom.